The summed E-state index contributed by atoms with van der Waals surface area (Å²) in [5.41, 5.74) is 3.49. The molecule has 0 bridgehead atoms. The Kier molecular flexibility index (Phi) is 4.56. The SMILES string of the molecule is Cc1ccc(C)c(C(Cc2ccc([N+](=O)[O-])cc2)C(=O)O)c1. The van der Waals surface area contributed by atoms with Crippen molar-refractivity contribution in [1.29, 1.82) is 0 Å². The van der Waals surface area contributed by atoms with E-state index in [1.54, 1.807) is 12.1 Å². The minimum atomic E-state index is -0.896. The molecule has 0 saturated carbocycles. The maximum absolute atomic E-state index is 11.6. The fourth-order valence-electron chi connectivity index (χ4n) is 2.46. The molecule has 0 aliphatic heterocycles. The van der Waals surface area contributed by atoms with Crippen molar-refractivity contribution in [3.05, 3.63) is 74.8 Å². The van der Waals surface area contributed by atoms with Crippen molar-refractivity contribution >= 4 is 11.7 Å². The third-order valence-corrected chi connectivity index (χ3v) is 3.70. The normalized spacial score (nSPS) is 11.9. The van der Waals surface area contributed by atoms with Crippen LogP contribution in [-0.2, 0) is 11.2 Å². The number of hydrogen-bond acceptors (Lipinski definition) is 3. The standard InChI is InChI=1S/C17H17NO4/c1-11-3-4-12(2)15(9-11)16(17(19)20)10-13-5-7-14(8-6-13)18(21)22/h3-9,16H,10H2,1-2H3,(H,19,20). The number of carbonyl (C=O) groups is 1. The van der Waals surface area contributed by atoms with Crippen molar-refractivity contribution in [1.82, 2.24) is 0 Å². The molecule has 1 unspecified atom stereocenters. The van der Waals surface area contributed by atoms with Crippen molar-refractivity contribution in [2.75, 3.05) is 0 Å². The lowest BCUT2D eigenvalue weighted by Gasteiger charge is -2.16. The molecule has 0 saturated heterocycles. The Morgan fingerprint density at radius 3 is 2.36 bits per heavy atom. The molecule has 2 rings (SSSR count). The number of hydrogen-bond donors (Lipinski definition) is 1. The van der Waals surface area contributed by atoms with Crippen LogP contribution in [-0.4, -0.2) is 16.0 Å². The lowest BCUT2D eigenvalue weighted by molar-refractivity contribution is -0.384. The van der Waals surface area contributed by atoms with E-state index >= 15 is 0 Å². The zero-order chi connectivity index (χ0) is 16.3. The van der Waals surface area contributed by atoms with Crippen molar-refractivity contribution in [3.8, 4) is 0 Å². The van der Waals surface area contributed by atoms with E-state index < -0.39 is 16.8 Å². The summed E-state index contributed by atoms with van der Waals surface area (Å²) in [6.45, 7) is 3.81. The number of rotatable bonds is 5. The summed E-state index contributed by atoms with van der Waals surface area (Å²) in [4.78, 5) is 21.8. The van der Waals surface area contributed by atoms with Crippen molar-refractivity contribution in [2.24, 2.45) is 0 Å². The molecule has 0 fully saturated rings. The number of nitro groups is 1. The van der Waals surface area contributed by atoms with E-state index in [0.717, 1.165) is 22.3 Å². The second kappa shape index (κ2) is 6.39. The molecule has 0 heterocycles. The molecule has 22 heavy (non-hydrogen) atoms. The number of nitro benzene ring substituents is 1. The summed E-state index contributed by atoms with van der Waals surface area (Å²) in [5.74, 6) is -1.56. The van der Waals surface area contributed by atoms with E-state index in [2.05, 4.69) is 0 Å². The highest BCUT2D eigenvalue weighted by Gasteiger charge is 2.22. The van der Waals surface area contributed by atoms with Gasteiger partial charge in [0, 0.05) is 12.1 Å². The van der Waals surface area contributed by atoms with Crippen LogP contribution >= 0.6 is 0 Å². The van der Waals surface area contributed by atoms with Crippen molar-refractivity contribution in [2.45, 2.75) is 26.2 Å². The average molecular weight is 299 g/mol. The molecule has 0 spiro atoms. The topological polar surface area (TPSA) is 80.4 Å². The van der Waals surface area contributed by atoms with Crippen LogP contribution in [0.1, 0.15) is 28.2 Å². The number of non-ortho nitro benzene ring substituents is 1. The third kappa shape index (κ3) is 3.49. The Morgan fingerprint density at radius 2 is 1.82 bits per heavy atom. The number of benzene rings is 2. The first-order valence-corrected chi connectivity index (χ1v) is 6.92. The predicted octanol–water partition coefficient (Wildman–Crippen LogP) is 3.62. The summed E-state index contributed by atoms with van der Waals surface area (Å²) < 4.78 is 0. The summed E-state index contributed by atoms with van der Waals surface area (Å²) in [7, 11) is 0. The number of carboxylic acid groups (broad SMARTS) is 1. The first kappa shape index (κ1) is 15.7. The van der Waals surface area contributed by atoms with Crippen LogP contribution in [0.5, 0.6) is 0 Å². The Balaban J connectivity index is 2.31. The number of carboxylic acids is 1. The number of nitrogens with zero attached hydrogens (tertiary/aromatic N) is 1. The van der Waals surface area contributed by atoms with Gasteiger partial charge in [-0.15, -0.1) is 0 Å². The van der Waals surface area contributed by atoms with Gasteiger partial charge in [0.15, 0.2) is 0 Å². The number of aryl methyl sites for hydroxylation is 2. The molecule has 0 radical (unpaired) electrons. The Morgan fingerprint density at radius 1 is 1.18 bits per heavy atom. The average Bonchev–Trinajstić information content (AvgIpc) is 2.47. The fraction of sp³-hybridized carbons (Fsp3) is 0.235. The largest absolute Gasteiger partial charge is 0.481 e. The Labute approximate surface area is 128 Å². The quantitative estimate of drug-likeness (QED) is 0.675. The highest BCUT2D eigenvalue weighted by Crippen LogP contribution is 2.26. The molecular weight excluding hydrogens is 282 g/mol. The molecule has 0 aliphatic carbocycles. The fourth-order valence-corrected chi connectivity index (χ4v) is 2.46. The van der Waals surface area contributed by atoms with Crippen LogP contribution in [0, 0.1) is 24.0 Å². The monoisotopic (exact) mass is 299 g/mol. The van der Waals surface area contributed by atoms with E-state index in [0.29, 0.717) is 6.42 Å². The van der Waals surface area contributed by atoms with E-state index in [4.69, 9.17) is 0 Å². The van der Waals surface area contributed by atoms with E-state index in [9.17, 15) is 20.0 Å². The number of aliphatic carboxylic acids is 1. The van der Waals surface area contributed by atoms with Gasteiger partial charge in [-0.2, -0.15) is 0 Å². The van der Waals surface area contributed by atoms with Gasteiger partial charge in [0.25, 0.3) is 5.69 Å². The lowest BCUT2D eigenvalue weighted by Crippen LogP contribution is -2.16. The van der Waals surface area contributed by atoms with E-state index in [1.165, 1.54) is 12.1 Å². The van der Waals surface area contributed by atoms with Crippen LogP contribution in [0.15, 0.2) is 42.5 Å². The molecule has 2 aromatic rings. The van der Waals surface area contributed by atoms with Crippen LogP contribution in [0.4, 0.5) is 5.69 Å². The molecule has 0 aromatic heterocycles. The molecule has 0 amide bonds. The van der Waals surface area contributed by atoms with Crippen LogP contribution < -0.4 is 0 Å². The van der Waals surface area contributed by atoms with Gasteiger partial charge in [-0.1, -0.05) is 35.9 Å². The molecule has 5 nitrogen and oxygen atoms in total. The maximum atomic E-state index is 11.6. The van der Waals surface area contributed by atoms with Gasteiger partial charge in [0.05, 0.1) is 10.8 Å². The Bertz CT molecular complexity index is 707. The van der Waals surface area contributed by atoms with E-state index in [1.807, 2.05) is 32.0 Å². The van der Waals surface area contributed by atoms with Crippen LogP contribution in [0.2, 0.25) is 0 Å². The first-order chi connectivity index (χ1) is 10.4. The molecule has 5 heteroatoms. The summed E-state index contributed by atoms with van der Waals surface area (Å²) >= 11 is 0. The van der Waals surface area contributed by atoms with Crippen molar-refractivity contribution < 1.29 is 14.8 Å². The van der Waals surface area contributed by atoms with Gasteiger partial charge in [0.1, 0.15) is 0 Å². The van der Waals surface area contributed by atoms with Gasteiger partial charge in [0.2, 0.25) is 0 Å². The van der Waals surface area contributed by atoms with Gasteiger partial charge < -0.3 is 5.11 Å². The van der Waals surface area contributed by atoms with Crippen molar-refractivity contribution in [3.63, 3.8) is 0 Å². The first-order valence-electron chi connectivity index (χ1n) is 6.92. The highest BCUT2D eigenvalue weighted by molar-refractivity contribution is 5.77. The zero-order valence-electron chi connectivity index (χ0n) is 12.4. The van der Waals surface area contributed by atoms with Gasteiger partial charge >= 0.3 is 5.97 Å². The van der Waals surface area contributed by atoms with Gasteiger partial charge in [-0.3, -0.25) is 14.9 Å². The predicted molar refractivity (Wildman–Crippen MR) is 83.1 cm³/mol. The summed E-state index contributed by atoms with van der Waals surface area (Å²) in [6.07, 6.45) is 0.303. The third-order valence-electron chi connectivity index (χ3n) is 3.70. The van der Waals surface area contributed by atoms with Crippen LogP contribution in [0.3, 0.4) is 0 Å². The smallest absolute Gasteiger partial charge is 0.311 e. The maximum Gasteiger partial charge on any atom is 0.311 e. The van der Waals surface area contributed by atoms with Gasteiger partial charge in [-0.25, -0.2) is 0 Å². The molecular formula is C17H17NO4. The minimum absolute atomic E-state index is 0.00219. The van der Waals surface area contributed by atoms with E-state index in [-0.39, 0.29) is 5.69 Å². The zero-order valence-corrected chi connectivity index (χ0v) is 12.4. The second-order valence-electron chi connectivity index (χ2n) is 5.38. The highest BCUT2D eigenvalue weighted by atomic mass is 16.6. The molecule has 1 N–H and O–H groups in total. The molecule has 1 atom stereocenters. The van der Waals surface area contributed by atoms with Crippen LogP contribution in [0.25, 0.3) is 0 Å². The molecule has 114 valence electrons. The second-order valence-corrected chi connectivity index (χ2v) is 5.38. The minimum Gasteiger partial charge on any atom is -0.481 e. The summed E-state index contributed by atoms with van der Waals surface area (Å²) in [5, 5.41) is 20.2. The lowest BCUT2D eigenvalue weighted by atomic mass is 9.88. The summed E-state index contributed by atoms with van der Waals surface area (Å²) in [6, 6.07) is 11.8. The Hall–Kier alpha value is -2.69. The van der Waals surface area contributed by atoms with Gasteiger partial charge in [-0.05, 0) is 37.0 Å². The molecule has 0 aliphatic rings. The molecule has 2 aromatic carbocycles.